The molecule has 0 spiro atoms. The Bertz CT molecular complexity index is 1060. The van der Waals surface area contributed by atoms with E-state index >= 15 is 0 Å². The van der Waals surface area contributed by atoms with Crippen LogP contribution in [-0.4, -0.2) is 42.2 Å². The predicted molar refractivity (Wildman–Crippen MR) is 136 cm³/mol. The van der Waals surface area contributed by atoms with Crippen LogP contribution in [0.25, 0.3) is 10.9 Å². The molecule has 1 aliphatic carbocycles. The molecular weight excluding hydrogens is 392 g/mol. The highest BCUT2D eigenvalue weighted by atomic mass is 15.1. The number of nitrogens with one attached hydrogen (secondary N) is 2. The average molecular weight is 429 g/mol. The Hall–Kier alpha value is -2.74. The molecule has 0 atom stereocenters. The molecule has 1 fully saturated rings. The van der Waals surface area contributed by atoms with E-state index in [-0.39, 0.29) is 0 Å². The first-order valence-corrected chi connectivity index (χ1v) is 11.9. The Morgan fingerprint density at radius 3 is 2.50 bits per heavy atom. The van der Waals surface area contributed by atoms with Gasteiger partial charge in [-0.1, -0.05) is 30.2 Å². The summed E-state index contributed by atoms with van der Waals surface area (Å²) in [5.41, 5.74) is 4.81. The number of fused-ring (bicyclic) bond motifs is 1. The Kier molecular flexibility index (Phi) is 7.52. The molecule has 168 valence electrons. The summed E-state index contributed by atoms with van der Waals surface area (Å²) in [4.78, 5) is 2.38. The summed E-state index contributed by atoms with van der Waals surface area (Å²) in [5, 5.41) is 8.43. The van der Waals surface area contributed by atoms with Gasteiger partial charge in [-0.3, -0.25) is 0 Å². The first-order valence-electron chi connectivity index (χ1n) is 11.9. The minimum absolute atomic E-state index is 0.639. The van der Waals surface area contributed by atoms with Crippen LogP contribution in [0.4, 0.5) is 5.69 Å². The molecule has 2 N–H and O–H groups in total. The Morgan fingerprint density at radius 1 is 1.00 bits per heavy atom. The summed E-state index contributed by atoms with van der Waals surface area (Å²) < 4.78 is 2.31. The third-order valence-electron chi connectivity index (χ3n) is 6.67. The second kappa shape index (κ2) is 10.7. The maximum atomic E-state index is 3.79. The maximum Gasteiger partial charge on any atom is 0.0931 e. The molecule has 1 aliphatic rings. The molecule has 0 saturated heterocycles. The molecular formula is C28H36N4. The van der Waals surface area contributed by atoms with E-state index in [1.807, 2.05) is 18.2 Å². The summed E-state index contributed by atoms with van der Waals surface area (Å²) in [5.74, 6) is 6.65. The number of benzene rings is 2. The van der Waals surface area contributed by atoms with Gasteiger partial charge in [-0.2, -0.15) is 0 Å². The predicted octanol–water partition coefficient (Wildman–Crippen LogP) is 5.09. The van der Waals surface area contributed by atoms with Crippen molar-refractivity contribution in [2.24, 2.45) is 0 Å². The van der Waals surface area contributed by atoms with Crippen molar-refractivity contribution in [1.82, 2.24) is 14.8 Å². The monoisotopic (exact) mass is 428 g/mol. The summed E-state index contributed by atoms with van der Waals surface area (Å²) in [6.07, 6.45) is 5.14. The molecule has 3 aromatic rings. The molecule has 32 heavy (non-hydrogen) atoms. The van der Waals surface area contributed by atoms with Crippen molar-refractivity contribution in [3.8, 4) is 11.8 Å². The van der Waals surface area contributed by atoms with Gasteiger partial charge in [-0.05, 0) is 88.5 Å². The minimum atomic E-state index is 0.639. The second-order valence-electron chi connectivity index (χ2n) is 9.04. The quantitative estimate of drug-likeness (QED) is 0.514. The van der Waals surface area contributed by atoms with Crippen LogP contribution in [0.2, 0.25) is 0 Å². The van der Waals surface area contributed by atoms with Crippen LogP contribution < -0.4 is 10.6 Å². The lowest BCUT2D eigenvalue weighted by atomic mass is 9.90. The van der Waals surface area contributed by atoms with Crippen molar-refractivity contribution in [2.45, 2.75) is 57.8 Å². The molecule has 0 aliphatic heterocycles. The zero-order valence-corrected chi connectivity index (χ0v) is 19.7. The fraction of sp³-hybridized carbons (Fsp3) is 0.429. The highest BCUT2D eigenvalue weighted by molar-refractivity contribution is 5.83. The molecule has 4 heteroatoms. The fourth-order valence-electron chi connectivity index (χ4n) is 4.77. The van der Waals surface area contributed by atoms with Gasteiger partial charge >= 0.3 is 0 Å². The zero-order chi connectivity index (χ0) is 22.3. The number of aromatic nitrogens is 1. The maximum absolute atomic E-state index is 3.79. The standard InChI is InChI=1S/C28H36N4/c1-4-32-27(11-8-18-29-24-9-6-5-7-10-24)20-23-19-22(12-17-28(23)32)21-30-25-13-15-26(16-14-25)31(2)3/h5-7,9-10,12,17,19-20,25-26,29-30H,4,13-16,18,21H2,1-3H3. The number of nitrogens with zero attached hydrogens (tertiary/aromatic N) is 2. The molecule has 0 amide bonds. The molecule has 1 saturated carbocycles. The van der Waals surface area contributed by atoms with Crippen LogP contribution in [0.1, 0.15) is 43.9 Å². The lowest BCUT2D eigenvalue weighted by Gasteiger charge is -2.33. The normalized spacial score (nSPS) is 18.5. The number of para-hydroxylation sites is 1. The van der Waals surface area contributed by atoms with Gasteiger partial charge in [0.15, 0.2) is 0 Å². The summed E-state index contributed by atoms with van der Waals surface area (Å²) in [6, 6.07) is 20.7. The van der Waals surface area contributed by atoms with Crippen LogP contribution in [0.3, 0.4) is 0 Å². The molecule has 0 unspecified atom stereocenters. The number of hydrogen-bond donors (Lipinski definition) is 2. The second-order valence-corrected chi connectivity index (χ2v) is 9.04. The van der Waals surface area contributed by atoms with E-state index in [1.54, 1.807) is 0 Å². The number of anilines is 1. The summed E-state index contributed by atoms with van der Waals surface area (Å²) in [6.45, 7) is 4.69. The highest BCUT2D eigenvalue weighted by Crippen LogP contribution is 2.24. The Balaban J connectivity index is 1.38. The highest BCUT2D eigenvalue weighted by Gasteiger charge is 2.21. The first-order chi connectivity index (χ1) is 15.6. The van der Waals surface area contributed by atoms with E-state index in [1.165, 1.54) is 42.1 Å². The fourth-order valence-corrected chi connectivity index (χ4v) is 4.77. The molecule has 2 aromatic carbocycles. The van der Waals surface area contributed by atoms with Crippen LogP contribution in [0.5, 0.6) is 0 Å². The van der Waals surface area contributed by atoms with Gasteiger partial charge in [0.2, 0.25) is 0 Å². The van der Waals surface area contributed by atoms with Crippen LogP contribution >= 0.6 is 0 Å². The van der Waals surface area contributed by atoms with Crippen LogP contribution in [0, 0.1) is 11.8 Å². The van der Waals surface area contributed by atoms with E-state index in [0.29, 0.717) is 12.6 Å². The molecule has 0 bridgehead atoms. The number of rotatable bonds is 7. The van der Waals surface area contributed by atoms with Crippen molar-refractivity contribution in [3.63, 3.8) is 0 Å². The topological polar surface area (TPSA) is 32.2 Å². The van der Waals surface area contributed by atoms with E-state index < -0.39 is 0 Å². The summed E-state index contributed by atoms with van der Waals surface area (Å²) in [7, 11) is 4.41. The Morgan fingerprint density at radius 2 is 1.78 bits per heavy atom. The smallest absolute Gasteiger partial charge is 0.0931 e. The van der Waals surface area contributed by atoms with Gasteiger partial charge in [0.25, 0.3) is 0 Å². The zero-order valence-electron chi connectivity index (χ0n) is 19.7. The number of aryl methyl sites for hydroxylation is 1. The van der Waals surface area contributed by atoms with E-state index in [2.05, 4.69) is 89.4 Å². The van der Waals surface area contributed by atoms with Crippen molar-refractivity contribution < 1.29 is 0 Å². The van der Waals surface area contributed by atoms with Crippen LogP contribution in [0.15, 0.2) is 54.6 Å². The SMILES string of the molecule is CCn1c(C#CCNc2ccccc2)cc2cc(CNC3CCC(N(C)C)CC3)ccc21. The van der Waals surface area contributed by atoms with Gasteiger partial charge in [0, 0.05) is 41.8 Å². The third kappa shape index (κ3) is 5.54. The minimum Gasteiger partial charge on any atom is -0.374 e. The van der Waals surface area contributed by atoms with Gasteiger partial charge < -0.3 is 20.1 Å². The molecule has 1 aromatic heterocycles. The molecule has 4 nitrogen and oxygen atoms in total. The van der Waals surface area contributed by atoms with Gasteiger partial charge in [-0.25, -0.2) is 0 Å². The largest absolute Gasteiger partial charge is 0.374 e. The third-order valence-corrected chi connectivity index (χ3v) is 6.67. The molecule has 4 rings (SSSR count). The Labute approximate surface area is 193 Å². The van der Waals surface area contributed by atoms with E-state index in [0.717, 1.165) is 30.5 Å². The van der Waals surface area contributed by atoms with Crippen molar-refractivity contribution in [2.75, 3.05) is 26.0 Å². The van der Waals surface area contributed by atoms with Crippen LogP contribution in [-0.2, 0) is 13.1 Å². The lowest BCUT2D eigenvalue weighted by molar-refractivity contribution is 0.204. The molecule has 0 radical (unpaired) electrons. The molecule has 1 heterocycles. The van der Waals surface area contributed by atoms with Crippen molar-refractivity contribution in [3.05, 3.63) is 65.9 Å². The van der Waals surface area contributed by atoms with E-state index in [4.69, 9.17) is 0 Å². The van der Waals surface area contributed by atoms with E-state index in [9.17, 15) is 0 Å². The van der Waals surface area contributed by atoms with Crippen molar-refractivity contribution in [1.29, 1.82) is 0 Å². The van der Waals surface area contributed by atoms with Gasteiger partial charge in [0.1, 0.15) is 0 Å². The summed E-state index contributed by atoms with van der Waals surface area (Å²) >= 11 is 0. The van der Waals surface area contributed by atoms with Crippen molar-refractivity contribution >= 4 is 16.6 Å². The average Bonchev–Trinajstić information content (AvgIpc) is 3.18. The lowest BCUT2D eigenvalue weighted by Crippen LogP contribution is -2.39. The first kappa shape index (κ1) is 22.5. The number of hydrogen-bond acceptors (Lipinski definition) is 3. The van der Waals surface area contributed by atoms with Gasteiger partial charge in [-0.15, -0.1) is 0 Å². The van der Waals surface area contributed by atoms with Gasteiger partial charge in [0.05, 0.1) is 12.2 Å².